The maximum Gasteiger partial charge on any atom is 0.258 e. The first kappa shape index (κ1) is 13.5. The van der Waals surface area contributed by atoms with Gasteiger partial charge in [0.2, 0.25) is 0 Å². The molecule has 0 fully saturated rings. The van der Waals surface area contributed by atoms with E-state index >= 15 is 0 Å². The van der Waals surface area contributed by atoms with Crippen molar-refractivity contribution in [3.05, 3.63) is 53.1 Å². The minimum absolute atomic E-state index is 0.135. The third kappa shape index (κ3) is 2.33. The van der Waals surface area contributed by atoms with Crippen molar-refractivity contribution in [3.63, 3.8) is 0 Å². The summed E-state index contributed by atoms with van der Waals surface area (Å²) in [7, 11) is 0. The highest BCUT2D eigenvalue weighted by Gasteiger charge is 2.26. The van der Waals surface area contributed by atoms with Gasteiger partial charge in [0.25, 0.3) is 5.91 Å². The Morgan fingerprint density at radius 1 is 1.14 bits per heavy atom. The van der Waals surface area contributed by atoms with E-state index in [2.05, 4.69) is 0 Å². The van der Waals surface area contributed by atoms with E-state index in [1.807, 2.05) is 6.07 Å². The number of nitrogens with zero attached hydrogens (tertiary/aromatic N) is 1. The van der Waals surface area contributed by atoms with Crippen molar-refractivity contribution in [2.45, 2.75) is 19.8 Å². The molecular formula is C17H17NO3. The zero-order valence-electron chi connectivity index (χ0n) is 11.8. The van der Waals surface area contributed by atoms with Crippen LogP contribution in [0.25, 0.3) is 0 Å². The maximum absolute atomic E-state index is 12.7. The minimum atomic E-state index is -0.152. The molecule has 21 heavy (non-hydrogen) atoms. The first-order valence-corrected chi connectivity index (χ1v) is 7.00. The molecule has 0 saturated heterocycles. The number of fused-ring (bicyclic) bond motifs is 1. The number of aromatic hydroxyl groups is 2. The van der Waals surface area contributed by atoms with Crippen LogP contribution < -0.4 is 4.90 Å². The zero-order chi connectivity index (χ0) is 15.0. The van der Waals surface area contributed by atoms with E-state index in [1.54, 1.807) is 36.1 Å². The molecule has 0 spiro atoms. The number of para-hydroxylation sites is 1. The van der Waals surface area contributed by atoms with Gasteiger partial charge in [-0.1, -0.05) is 12.1 Å². The summed E-state index contributed by atoms with van der Waals surface area (Å²) in [5, 5.41) is 19.7. The van der Waals surface area contributed by atoms with Gasteiger partial charge < -0.3 is 15.1 Å². The van der Waals surface area contributed by atoms with Crippen molar-refractivity contribution in [1.29, 1.82) is 0 Å². The Balaban J connectivity index is 2.02. The van der Waals surface area contributed by atoms with Crippen LogP contribution in [0.1, 0.15) is 27.9 Å². The maximum atomic E-state index is 12.7. The highest BCUT2D eigenvalue weighted by Crippen LogP contribution is 2.36. The Hall–Kier alpha value is -2.49. The number of benzene rings is 2. The minimum Gasteiger partial charge on any atom is -0.508 e. The van der Waals surface area contributed by atoms with E-state index in [0.29, 0.717) is 23.4 Å². The monoisotopic (exact) mass is 283 g/mol. The van der Waals surface area contributed by atoms with Crippen molar-refractivity contribution in [2.75, 3.05) is 11.4 Å². The predicted octanol–water partition coefficient (Wildman–Crippen LogP) is 3.00. The average Bonchev–Trinajstić information content (AvgIpc) is 2.49. The third-order valence-corrected chi connectivity index (χ3v) is 3.88. The number of carbonyl (C=O) groups is 1. The van der Waals surface area contributed by atoms with Crippen LogP contribution in [0.5, 0.6) is 11.5 Å². The Kier molecular flexibility index (Phi) is 3.29. The van der Waals surface area contributed by atoms with Gasteiger partial charge in [-0.25, -0.2) is 0 Å². The molecule has 3 rings (SSSR count). The molecule has 108 valence electrons. The number of rotatable bonds is 1. The summed E-state index contributed by atoms with van der Waals surface area (Å²) < 4.78 is 0. The quantitative estimate of drug-likeness (QED) is 0.845. The Labute approximate surface area is 123 Å². The number of anilines is 1. The lowest BCUT2D eigenvalue weighted by atomic mass is 9.99. The number of aryl methyl sites for hydroxylation is 2. The van der Waals surface area contributed by atoms with Gasteiger partial charge in [-0.05, 0) is 55.2 Å². The fourth-order valence-corrected chi connectivity index (χ4v) is 2.78. The summed E-state index contributed by atoms with van der Waals surface area (Å²) in [5.74, 6) is 0.157. The summed E-state index contributed by atoms with van der Waals surface area (Å²) in [6, 6.07) is 10.2. The molecule has 1 amide bonds. The lowest BCUT2D eigenvalue weighted by Crippen LogP contribution is -2.35. The fourth-order valence-electron chi connectivity index (χ4n) is 2.78. The normalized spacial score (nSPS) is 13.9. The molecule has 0 atom stereocenters. The van der Waals surface area contributed by atoms with Gasteiger partial charge in [-0.2, -0.15) is 0 Å². The van der Waals surface area contributed by atoms with Crippen LogP contribution in [0.15, 0.2) is 36.4 Å². The number of hydrogen-bond donors (Lipinski definition) is 2. The lowest BCUT2D eigenvalue weighted by Gasteiger charge is -2.30. The molecule has 1 aliphatic rings. The smallest absolute Gasteiger partial charge is 0.258 e. The highest BCUT2D eigenvalue weighted by atomic mass is 16.3. The highest BCUT2D eigenvalue weighted by molar-refractivity contribution is 6.07. The zero-order valence-corrected chi connectivity index (χ0v) is 11.8. The van der Waals surface area contributed by atoms with Crippen LogP contribution in [0.4, 0.5) is 5.69 Å². The third-order valence-electron chi connectivity index (χ3n) is 3.88. The van der Waals surface area contributed by atoms with Crippen molar-refractivity contribution >= 4 is 11.6 Å². The second-order valence-corrected chi connectivity index (χ2v) is 5.35. The second-order valence-electron chi connectivity index (χ2n) is 5.35. The van der Waals surface area contributed by atoms with E-state index in [1.165, 1.54) is 6.07 Å². The molecule has 1 aliphatic heterocycles. The van der Waals surface area contributed by atoms with Gasteiger partial charge in [0.15, 0.2) is 0 Å². The molecule has 2 aromatic carbocycles. The van der Waals surface area contributed by atoms with Gasteiger partial charge in [-0.3, -0.25) is 4.79 Å². The summed E-state index contributed by atoms with van der Waals surface area (Å²) in [6.45, 7) is 2.34. The summed E-state index contributed by atoms with van der Waals surface area (Å²) in [4.78, 5) is 14.3. The molecule has 0 saturated carbocycles. The van der Waals surface area contributed by atoms with Crippen LogP contribution in [-0.2, 0) is 6.42 Å². The van der Waals surface area contributed by atoms with Crippen LogP contribution >= 0.6 is 0 Å². The van der Waals surface area contributed by atoms with Crippen molar-refractivity contribution in [1.82, 2.24) is 0 Å². The molecule has 1 heterocycles. The SMILES string of the molecule is Cc1cc(C(=O)N2CCCc3cccc(O)c32)ccc1O. The first-order valence-electron chi connectivity index (χ1n) is 7.00. The summed E-state index contributed by atoms with van der Waals surface area (Å²) >= 11 is 0. The van der Waals surface area contributed by atoms with E-state index in [-0.39, 0.29) is 17.4 Å². The van der Waals surface area contributed by atoms with Gasteiger partial charge in [-0.15, -0.1) is 0 Å². The number of carbonyl (C=O) groups excluding carboxylic acids is 1. The number of hydrogen-bond acceptors (Lipinski definition) is 3. The standard InChI is InChI=1S/C17H17NO3/c1-11-10-13(7-8-14(11)19)17(21)18-9-3-5-12-4-2-6-15(20)16(12)18/h2,4,6-8,10,19-20H,3,5,9H2,1H3. The summed E-state index contributed by atoms with van der Waals surface area (Å²) in [5.41, 5.74) is 2.78. The Morgan fingerprint density at radius 2 is 1.95 bits per heavy atom. The molecule has 4 nitrogen and oxygen atoms in total. The lowest BCUT2D eigenvalue weighted by molar-refractivity contribution is 0.0984. The van der Waals surface area contributed by atoms with Crippen LogP contribution in [0, 0.1) is 6.92 Å². The van der Waals surface area contributed by atoms with E-state index in [4.69, 9.17) is 0 Å². The van der Waals surface area contributed by atoms with E-state index in [9.17, 15) is 15.0 Å². The van der Waals surface area contributed by atoms with Crippen LogP contribution in [0.3, 0.4) is 0 Å². The van der Waals surface area contributed by atoms with Crippen molar-refractivity contribution in [2.24, 2.45) is 0 Å². The van der Waals surface area contributed by atoms with Gasteiger partial charge >= 0.3 is 0 Å². The van der Waals surface area contributed by atoms with Gasteiger partial charge in [0.1, 0.15) is 11.5 Å². The van der Waals surface area contributed by atoms with Crippen LogP contribution in [-0.4, -0.2) is 22.7 Å². The number of phenols is 2. The fraction of sp³-hybridized carbons (Fsp3) is 0.235. The van der Waals surface area contributed by atoms with Crippen molar-refractivity contribution < 1.29 is 15.0 Å². The molecule has 0 aromatic heterocycles. The topological polar surface area (TPSA) is 60.8 Å². The molecule has 0 bridgehead atoms. The largest absolute Gasteiger partial charge is 0.508 e. The van der Waals surface area contributed by atoms with Gasteiger partial charge in [0, 0.05) is 12.1 Å². The van der Waals surface area contributed by atoms with E-state index < -0.39 is 0 Å². The average molecular weight is 283 g/mol. The predicted molar refractivity (Wildman–Crippen MR) is 80.9 cm³/mol. The molecule has 0 radical (unpaired) electrons. The van der Waals surface area contributed by atoms with Crippen molar-refractivity contribution in [3.8, 4) is 11.5 Å². The first-order chi connectivity index (χ1) is 10.1. The Bertz CT molecular complexity index is 709. The molecule has 2 N–H and O–H groups in total. The molecule has 2 aromatic rings. The molecule has 4 heteroatoms. The molecule has 0 aliphatic carbocycles. The number of phenolic OH excluding ortho intramolecular Hbond substituents is 2. The van der Waals surface area contributed by atoms with E-state index in [0.717, 1.165) is 18.4 Å². The van der Waals surface area contributed by atoms with Gasteiger partial charge in [0.05, 0.1) is 5.69 Å². The second kappa shape index (κ2) is 5.13. The Morgan fingerprint density at radius 3 is 2.71 bits per heavy atom. The molecule has 0 unspecified atom stereocenters. The van der Waals surface area contributed by atoms with Crippen LogP contribution in [0.2, 0.25) is 0 Å². The molecular weight excluding hydrogens is 266 g/mol. The summed E-state index contributed by atoms with van der Waals surface area (Å²) in [6.07, 6.45) is 1.74. The number of amides is 1.